The van der Waals surface area contributed by atoms with Crippen LogP contribution in [0.5, 0.6) is 0 Å². The summed E-state index contributed by atoms with van der Waals surface area (Å²) in [5.74, 6) is 2.31. The van der Waals surface area contributed by atoms with Crippen LogP contribution >= 0.6 is 0 Å². The summed E-state index contributed by atoms with van der Waals surface area (Å²) in [5, 5.41) is 7.32. The van der Waals surface area contributed by atoms with Gasteiger partial charge in [0.1, 0.15) is 0 Å². The van der Waals surface area contributed by atoms with Gasteiger partial charge in [0.2, 0.25) is 5.89 Å². The Labute approximate surface area is 119 Å². The highest BCUT2D eigenvalue weighted by molar-refractivity contribution is 7.91. The maximum absolute atomic E-state index is 11.5. The Hall–Kier alpha value is -0.950. The molecule has 1 aromatic heterocycles. The number of aryl methyl sites for hydroxylation is 1. The Balaban J connectivity index is 1.54. The van der Waals surface area contributed by atoms with Crippen LogP contribution in [-0.4, -0.2) is 43.2 Å². The predicted molar refractivity (Wildman–Crippen MR) is 74.2 cm³/mol. The largest absolute Gasteiger partial charge is 0.339 e. The lowest BCUT2D eigenvalue weighted by atomic mass is 9.93. The minimum atomic E-state index is -2.89. The maximum Gasteiger partial charge on any atom is 0.226 e. The topological polar surface area (TPSA) is 85.1 Å². The molecule has 20 heavy (non-hydrogen) atoms. The fourth-order valence-corrected chi connectivity index (χ4v) is 4.77. The number of nitrogens with one attached hydrogen (secondary N) is 1. The molecule has 112 valence electrons. The van der Waals surface area contributed by atoms with E-state index in [9.17, 15) is 8.42 Å². The Morgan fingerprint density at radius 2 is 2.05 bits per heavy atom. The van der Waals surface area contributed by atoms with Crippen LogP contribution in [0.3, 0.4) is 0 Å². The first-order valence-corrected chi connectivity index (χ1v) is 9.18. The zero-order valence-electron chi connectivity index (χ0n) is 11.5. The number of piperidine rings is 1. The van der Waals surface area contributed by atoms with Gasteiger partial charge in [-0.25, -0.2) is 8.42 Å². The van der Waals surface area contributed by atoms with E-state index in [1.165, 1.54) is 12.8 Å². The zero-order valence-corrected chi connectivity index (χ0v) is 12.4. The molecule has 6 nitrogen and oxygen atoms in total. The molecule has 0 aliphatic carbocycles. The van der Waals surface area contributed by atoms with Gasteiger partial charge in [-0.15, -0.1) is 0 Å². The smallest absolute Gasteiger partial charge is 0.226 e. The first kappa shape index (κ1) is 14.0. The summed E-state index contributed by atoms with van der Waals surface area (Å²) < 4.78 is 28.2. The number of hydrogen-bond donors (Lipinski definition) is 1. The van der Waals surface area contributed by atoms with Gasteiger partial charge in [-0.05, 0) is 44.7 Å². The third-order valence-corrected chi connectivity index (χ3v) is 6.07. The van der Waals surface area contributed by atoms with E-state index >= 15 is 0 Å². The van der Waals surface area contributed by atoms with Crippen molar-refractivity contribution < 1.29 is 12.9 Å². The van der Waals surface area contributed by atoms with Crippen molar-refractivity contribution in [1.82, 2.24) is 15.5 Å². The van der Waals surface area contributed by atoms with E-state index in [1.54, 1.807) is 0 Å². The molecule has 0 saturated carbocycles. The number of sulfone groups is 1. The molecule has 3 heterocycles. The SMILES string of the molecule is O=S1(=O)CCC(c2noc(CCC3CCNCC3)n2)C1. The first-order valence-electron chi connectivity index (χ1n) is 7.36. The third-order valence-electron chi connectivity index (χ3n) is 4.31. The molecule has 1 N–H and O–H groups in total. The molecule has 2 aliphatic rings. The molecule has 0 spiro atoms. The normalized spacial score (nSPS) is 26.9. The minimum Gasteiger partial charge on any atom is -0.339 e. The lowest BCUT2D eigenvalue weighted by Gasteiger charge is -2.21. The van der Waals surface area contributed by atoms with E-state index in [4.69, 9.17) is 4.52 Å². The Morgan fingerprint density at radius 3 is 2.75 bits per heavy atom. The van der Waals surface area contributed by atoms with Gasteiger partial charge >= 0.3 is 0 Å². The molecule has 1 aromatic rings. The Kier molecular flexibility index (Phi) is 4.07. The van der Waals surface area contributed by atoms with Crippen LogP contribution in [0.25, 0.3) is 0 Å². The molecule has 2 saturated heterocycles. The van der Waals surface area contributed by atoms with Gasteiger partial charge in [0.15, 0.2) is 15.7 Å². The van der Waals surface area contributed by atoms with Crippen LogP contribution in [0.2, 0.25) is 0 Å². The van der Waals surface area contributed by atoms with Gasteiger partial charge in [-0.2, -0.15) is 4.98 Å². The summed E-state index contributed by atoms with van der Waals surface area (Å²) in [7, 11) is -2.89. The predicted octanol–water partition coefficient (Wildman–Crippen LogP) is 0.904. The molecule has 2 fully saturated rings. The van der Waals surface area contributed by atoms with Crippen molar-refractivity contribution in [2.24, 2.45) is 5.92 Å². The van der Waals surface area contributed by atoms with Crippen LogP contribution in [0.15, 0.2) is 4.52 Å². The van der Waals surface area contributed by atoms with Crippen LogP contribution in [-0.2, 0) is 16.3 Å². The fourth-order valence-electron chi connectivity index (χ4n) is 3.03. The number of hydrogen-bond acceptors (Lipinski definition) is 6. The van der Waals surface area contributed by atoms with E-state index in [2.05, 4.69) is 15.5 Å². The summed E-state index contributed by atoms with van der Waals surface area (Å²) in [5.41, 5.74) is 0. The Bertz CT molecular complexity index is 549. The first-order chi connectivity index (χ1) is 9.62. The number of nitrogens with zero attached hydrogens (tertiary/aromatic N) is 2. The third kappa shape index (κ3) is 3.38. The molecule has 0 amide bonds. The molecule has 1 unspecified atom stereocenters. The van der Waals surface area contributed by atoms with Gasteiger partial charge in [-0.3, -0.25) is 0 Å². The standard InChI is InChI=1S/C13H21N3O3S/c17-20(18)8-5-11(9-20)13-15-12(19-16-13)2-1-10-3-6-14-7-4-10/h10-11,14H,1-9H2. The van der Waals surface area contributed by atoms with Crippen molar-refractivity contribution in [3.05, 3.63) is 11.7 Å². The van der Waals surface area contributed by atoms with Crippen LogP contribution in [0.4, 0.5) is 0 Å². The quantitative estimate of drug-likeness (QED) is 0.889. The van der Waals surface area contributed by atoms with E-state index in [0.717, 1.165) is 31.8 Å². The molecule has 0 bridgehead atoms. The van der Waals surface area contributed by atoms with Crippen molar-refractivity contribution in [3.63, 3.8) is 0 Å². The molecule has 7 heteroatoms. The summed E-state index contributed by atoms with van der Waals surface area (Å²) in [4.78, 5) is 4.38. The van der Waals surface area contributed by atoms with Crippen molar-refractivity contribution >= 4 is 9.84 Å². The summed E-state index contributed by atoms with van der Waals surface area (Å²) in [6.07, 6.45) is 4.92. The van der Waals surface area contributed by atoms with Gasteiger partial charge in [0.05, 0.1) is 11.5 Å². The van der Waals surface area contributed by atoms with Crippen LogP contribution in [0, 0.1) is 5.92 Å². The summed E-state index contributed by atoms with van der Waals surface area (Å²) >= 11 is 0. The molecule has 0 aromatic carbocycles. The van der Waals surface area contributed by atoms with Crippen molar-refractivity contribution in [2.75, 3.05) is 24.6 Å². The molecule has 3 rings (SSSR count). The second-order valence-electron chi connectivity index (χ2n) is 5.88. The second-order valence-corrected chi connectivity index (χ2v) is 8.11. The van der Waals surface area contributed by atoms with Crippen LogP contribution in [0.1, 0.15) is 43.3 Å². The molecular formula is C13H21N3O3S. The summed E-state index contributed by atoms with van der Waals surface area (Å²) in [6, 6.07) is 0. The molecule has 2 aliphatic heterocycles. The van der Waals surface area contributed by atoms with Gasteiger partial charge in [0, 0.05) is 12.3 Å². The van der Waals surface area contributed by atoms with Crippen molar-refractivity contribution in [2.45, 2.75) is 38.0 Å². The Morgan fingerprint density at radius 1 is 1.25 bits per heavy atom. The highest BCUT2D eigenvalue weighted by Crippen LogP contribution is 2.27. The highest BCUT2D eigenvalue weighted by atomic mass is 32.2. The molecule has 0 radical (unpaired) electrons. The number of rotatable bonds is 4. The lowest BCUT2D eigenvalue weighted by molar-refractivity contribution is 0.322. The van der Waals surface area contributed by atoms with E-state index in [0.29, 0.717) is 18.1 Å². The van der Waals surface area contributed by atoms with Crippen molar-refractivity contribution in [1.29, 1.82) is 0 Å². The average molecular weight is 299 g/mol. The number of aromatic nitrogens is 2. The van der Waals surface area contributed by atoms with E-state index < -0.39 is 9.84 Å². The van der Waals surface area contributed by atoms with Crippen molar-refractivity contribution in [3.8, 4) is 0 Å². The van der Waals surface area contributed by atoms with E-state index in [-0.39, 0.29) is 17.4 Å². The van der Waals surface area contributed by atoms with E-state index in [1.807, 2.05) is 0 Å². The fraction of sp³-hybridized carbons (Fsp3) is 0.846. The zero-order chi connectivity index (χ0) is 14.0. The van der Waals surface area contributed by atoms with Crippen LogP contribution < -0.4 is 5.32 Å². The van der Waals surface area contributed by atoms with Gasteiger partial charge in [-0.1, -0.05) is 5.16 Å². The maximum atomic E-state index is 11.5. The average Bonchev–Trinajstić information content (AvgIpc) is 3.04. The monoisotopic (exact) mass is 299 g/mol. The highest BCUT2D eigenvalue weighted by Gasteiger charge is 2.32. The lowest BCUT2D eigenvalue weighted by Crippen LogP contribution is -2.27. The molecule has 1 atom stereocenters. The van der Waals surface area contributed by atoms with Gasteiger partial charge in [0.25, 0.3) is 0 Å². The minimum absolute atomic E-state index is 0.0728. The van der Waals surface area contributed by atoms with Gasteiger partial charge < -0.3 is 9.84 Å². The second kappa shape index (κ2) is 5.81. The molecular weight excluding hydrogens is 278 g/mol. The summed E-state index contributed by atoms with van der Waals surface area (Å²) in [6.45, 7) is 2.19.